The molecule has 0 aromatic rings. The molecule has 1 saturated heterocycles. The van der Waals surface area contributed by atoms with Gasteiger partial charge in [0.1, 0.15) is 0 Å². The first kappa shape index (κ1) is 16.9. The van der Waals surface area contributed by atoms with Gasteiger partial charge in [-0.15, -0.1) is 0 Å². The van der Waals surface area contributed by atoms with Crippen molar-refractivity contribution in [1.82, 2.24) is 4.90 Å². The van der Waals surface area contributed by atoms with Crippen LogP contribution in [-0.4, -0.2) is 56.9 Å². The van der Waals surface area contributed by atoms with E-state index in [1.165, 1.54) is 12.0 Å². The summed E-state index contributed by atoms with van der Waals surface area (Å²) in [5.41, 5.74) is -0.504. The van der Waals surface area contributed by atoms with Crippen LogP contribution in [0.25, 0.3) is 0 Å². The van der Waals surface area contributed by atoms with E-state index in [9.17, 15) is 18.0 Å². The van der Waals surface area contributed by atoms with Crippen LogP contribution in [0.3, 0.4) is 0 Å². The second kappa shape index (κ2) is 6.11. The molecule has 0 radical (unpaired) electrons. The smallest absolute Gasteiger partial charge is 0.306 e. The number of hydrogen-bond acceptors (Lipinski definition) is 5. The molecule has 7 heteroatoms. The first-order chi connectivity index (χ1) is 9.06. The minimum absolute atomic E-state index is 0.0344. The molecule has 0 aromatic carbocycles. The van der Waals surface area contributed by atoms with Crippen LogP contribution in [0.1, 0.15) is 33.1 Å². The Balaban J connectivity index is 2.60. The molecule has 1 atom stereocenters. The van der Waals surface area contributed by atoms with Gasteiger partial charge in [0, 0.05) is 19.5 Å². The van der Waals surface area contributed by atoms with Crippen LogP contribution in [0.4, 0.5) is 0 Å². The van der Waals surface area contributed by atoms with E-state index in [-0.39, 0.29) is 42.3 Å². The third kappa shape index (κ3) is 4.77. The number of hydrogen-bond donors (Lipinski definition) is 0. The predicted octanol–water partition coefficient (Wildman–Crippen LogP) is 0.611. The highest BCUT2D eigenvalue weighted by Gasteiger charge is 2.35. The Morgan fingerprint density at radius 3 is 2.35 bits per heavy atom. The van der Waals surface area contributed by atoms with Gasteiger partial charge in [0.2, 0.25) is 5.91 Å². The number of nitrogens with zero attached hydrogens (tertiary/aromatic N) is 1. The second-order valence-corrected chi connectivity index (χ2v) is 8.38. The average Bonchev–Trinajstić information content (AvgIpc) is 2.67. The number of sulfone groups is 1. The van der Waals surface area contributed by atoms with Crippen molar-refractivity contribution in [3.05, 3.63) is 0 Å². The number of amides is 1. The van der Waals surface area contributed by atoms with Gasteiger partial charge in [-0.1, -0.05) is 13.8 Å². The highest BCUT2D eigenvalue weighted by Crippen LogP contribution is 2.27. The van der Waals surface area contributed by atoms with Crippen LogP contribution in [0, 0.1) is 5.41 Å². The molecule has 116 valence electrons. The molecule has 0 saturated carbocycles. The maximum absolute atomic E-state index is 12.2. The van der Waals surface area contributed by atoms with Crippen molar-refractivity contribution in [1.29, 1.82) is 0 Å². The zero-order chi connectivity index (χ0) is 15.6. The van der Waals surface area contributed by atoms with Crippen molar-refractivity contribution in [2.75, 3.05) is 25.7 Å². The van der Waals surface area contributed by atoms with Crippen molar-refractivity contribution in [2.24, 2.45) is 5.41 Å². The fourth-order valence-corrected chi connectivity index (χ4v) is 4.12. The van der Waals surface area contributed by atoms with E-state index in [2.05, 4.69) is 4.74 Å². The van der Waals surface area contributed by atoms with Gasteiger partial charge in [-0.2, -0.15) is 0 Å². The van der Waals surface area contributed by atoms with Crippen molar-refractivity contribution in [2.45, 2.75) is 39.2 Å². The van der Waals surface area contributed by atoms with Gasteiger partial charge in [-0.3, -0.25) is 9.59 Å². The summed E-state index contributed by atoms with van der Waals surface area (Å²) >= 11 is 0. The summed E-state index contributed by atoms with van der Waals surface area (Å²) in [5, 5.41) is 0. The van der Waals surface area contributed by atoms with Crippen LogP contribution in [-0.2, 0) is 24.2 Å². The normalized spacial score (nSPS) is 21.5. The summed E-state index contributed by atoms with van der Waals surface area (Å²) in [6.45, 7) is 3.64. The molecule has 0 aromatic heterocycles. The molecule has 6 nitrogen and oxygen atoms in total. The van der Waals surface area contributed by atoms with Crippen LogP contribution < -0.4 is 0 Å². The molecule has 0 N–H and O–H groups in total. The summed E-state index contributed by atoms with van der Waals surface area (Å²) in [6, 6.07) is -0.249. The van der Waals surface area contributed by atoms with Crippen molar-refractivity contribution >= 4 is 21.7 Å². The Labute approximate surface area is 120 Å². The molecule has 20 heavy (non-hydrogen) atoms. The molecule has 1 aliphatic rings. The molecule has 1 fully saturated rings. The lowest BCUT2D eigenvalue weighted by Gasteiger charge is -2.29. The highest BCUT2D eigenvalue weighted by atomic mass is 32.2. The van der Waals surface area contributed by atoms with Gasteiger partial charge in [0.05, 0.1) is 25.0 Å². The third-order valence-corrected chi connectivity index (χ3v) is 5.38. The van der Waals surface area contributed by atoms with E-state index in [0.717, 1.165) is 0 Å². The van der Waals surface area contributed by atoms with Crippen LogP contribution in [0.2, 0.25) is 0 Å². The third-order valence-electron chi connectivity index (χ3n) is 3.63. The van der Waals surface area contributed by atoms with Crippen molar-refractivity contribution < 1.29 is 22.7 Å². The zero-order valence-electron chi connectivity index (χ0n) is 12.5. The van der Waals surface area contributed by atoms with Crippen molar-refractivity contribution in [3.63, 3.8) is 0 Å². The molecule has 0 bridgehead atoms. The first-order valence-corrected chi connectivity index (χ1v) is 8.41. The minimum atomic E-state index is -3.01. The van der Waals surface area contributed by atoms with Gasteiger partial charge in [-0.25, -0.2) is 8.42 Å². The second-order valence-electron chi connectivity index (χ2n) is 6.16. The van der Waals surface area contributed by atoms with Gasteiger partial charge < -0.3 is 9.64 Å². The van der Waals surface area contributed by atoms with E-state index in [4.69, 9.17) is 0 Å². The molecule has 1 aliphatic heterocycles. The summed E-state index contributed by atoms with van der Waals surface area (Å²) in [6.07, 6.45) is 0.837. The Morgan fingerprint density at radius 1 is 1.30 bits per heavy atom. The standard InChI is InChI=1S/C13H23NO5S/c1-13(2,8-12(16)19-4)7-11(15)14(3)10-5-6-20(17,18)9-10/h10H,5-9H2,1-4H3/t10-/m0/s1. The van der Waals surface area contributed by atoms with E-state index in [1.807, 2.05) is 13.8 Å². The fourth-order valence-electron chi connectivity index (χ4n) is 2.34. The summed E-state index contributed by atoms with van der Waals surface area (Å²) < 4.78 is 27.5. The summed E-state index contributed by atoms with van der Waals surface area (Å²) in [4.78, 5) is 25.0. The first-order valence-electron chi connectivity index (χ1n) is 6.59. The molecular formula is C13H23NO5S. The summed E-state index contributed by atoms with van der Waals surface area (Å²) in [7, 11) is -0.0664. The Bertz CT molecular complexity index is 483. The molecule has 1 heterocycles. The lowest BCUT2D eigenvalue weighted by atomic mass is 9.85. The van der Waals surface area contributed by atoms with Gasteiger partial charge in [0.25, 0.3) is 0 Å². The largest absolute Gasteiger partial charge is 0.469 e. The summed E-state index contributed by atoms with van der Waals surface area (Å²) in [5.74, 6) is -0.317. The fraction of sp³-hybridized carbons (Fsp3) is 0.846. The van der Waals surface area contributed by atoms with Gasteiger partial charge >= 0.3 is 5.97 Å². The molecule has 1 amide bonds. The molecule has 1 rings (SSSR count). The lowest BCUT2D eigenvalue weighted by molar-refractivity contribution is -0.144. The molecule has 0 spiro atoms. The average molecular weight is 305 g/mol. The van der Waals surface area contributed by atoms with E-state index in [1.54, 1.807) is 7.05 Å². The molecule has 0 aliphatic carbocycles. The Kier molecular flexibility index (Phi) is 5.18. The Morgan fingerprint density at radius 2 is 1.90 bits per heavy atom. The van der Waals surface area contributed by atoms with Gasteiger partial charge in [-0.05, 0) is 11.8 Å². The Hall–Kier alpha value is -1.11. The number of carbonyl (C=O) groups excluding carboxylic acids is 2. The van der Waals surface area contributed by atoms with Crippen LogP contribution in [0.5, 0.6) is 0 Å². The van der Waals surface area contributed by atoms with E-state index in [0.29, 0.717) is 6.42 Å². The maximum Gasteiger partial charge on any atom is 0.306 e. The lowest BCUT2D eigenvalue weighted by Crippen LogP contribution is -2.40. The van der Waals surface area contributed by atoms with Gasteiger partial charge in [0.15, 0.2) is 9.84 Å². The topological polar surface area (TPSA) is 80.8 Å². The number of rotatable bonds is 5. The molecule has 0 unspecified atom stereocenters. The SMILES string of the molecule is COC(=O)CC(C)(C)CC(=O)N(C)[C@H]1CCS(=O)(=O)C1. The number of esters is 1. The number of methoxy groups -OCH3 is 1. The van der Waals surface area contributed by atoms with E-state index < -0.39 is 15.3 Å². The van der Waals surface area contributed by atoms with Crippen LogP contribution in [0.15, 0.2) is 0 Å². The maximum atomic E-state index is 12.2. The van der Waals surface area contributed by atoms with Crippen molar-refractivity contribution in [3.8, 4) is 0 Å². The quantitative estimate of drug-likeness (QED) is 0.695. The minimum Gasteiger partial charge on any atom is -0.469 e. The molecular weight excluding hydrogens is 282 g/mol. The highest BCUT2D eigenvalue weighted by molar-refractivity contribution is 7.91. The van der Waals surface area contributed by atoms with E-state index >= 15 is 0 Å². The number of ether oxygens (including phenoxy) is 1. The monoisotopic (exact) mass is 305 g/mol. The predicted molar refractivity (Wildman–Crippen MR) is 74.9 cm³/mol. The zero-order valence-corrected chi connectivity index (χ0v) is 13.3. The van der Waals surface area contributed by atoms with Crippen LogP contribution >= 0.6 is 0 Å². The number of carbonyl (C=O) groups is 2.